The minimum Gasteiger partial charge on any atom is -0.493 e. The highest BCUT2D eigenvalue weighted by molar-refractivity contribution is 7.13. The molecular formula is C24H23ClN4O3S. The fourth-order valence-electron chi connectivity index (χ4n) is 4.49. The molecule has 1 N–H and O–H groups in total. The van der Waals surface area contributed by atoms with Crippen LogP contribution in [0.4, 0.5) is 0 Å². The quantitative estimate of drug-likeness (QED) is 0.405. The SMILES string of the molecule is COc1cc2nc(C3(C)CCCN3C(=O)c3ncsc3-c3cccc(Cl)c3)[nH]c2cc1OC. The highest BCUT2D eigenvalue weighted by Gasteiger charge is 2.44. The Kier molecular flexibility index (Phi) is 5.50. The lowest BCUT2D eigenvalue weighted by Crippen LogP contribution is -2.43. The molecule has 0 aliphatic carbocycles. The second kappa shape index (κ2) is 8.35. The van der Waals surface area contributed by atoms with Crippen LogP contribution in [0, 0.1) is 0 Å². The van der Waals surface area contributed by atoms with Gasteiger partial charge in [0.15, 0.2) is 11.5 Å². The molecule has 4 aromatic rings. The number of methoxy groups -OCH3 is 2. The first-order valence-corrected chi connectivity index (χ1v) is 11.8. The number of hydrogen-bond donors (Lipinski definition) is 1. The van der Waals surface area contributed by atoms with Crippen molar-refractivity contribution in [1.29, 1.82) is 0 Å². The van der Waals surface area contributed by atoms with E-state index in [1.54, 1.807) is 19.7 Å². The normalized spacial score (nSPS) is 18.1. The van der Waals surface area contributed by atoms with Crippen molar-refractivity contribution in [2.24, 2.45) is 0 Å². The van der Waals surface area contributed by atoms with Crippen LogP contribution in [0.3, 0.4) is 0 Å². The number of fused-ring (bicyclic) bond motifs is 1. The van der Waals surface area contributed by atoms with Crippen molar-refractivity contribution in [3.8, 4) is 21.9 Å². The van der Waals surface area contributed by atoms with Gasteiger partial charge in [-0.25, -0.2) is 9.97 Å². The average molecular weight is 483 g/mol. The van der Waals surface area contributed by atoms with Gasteiger partial charge in [0, 0.05) is 23.7 Å². The Morgan fingerprint density at radius 2 is 2.00 bits per heavy atom. The Hall–Kier alpha value is -3.10. The van der Waals surface area contributed by atoms with E-state index in [0.717, 1.165) is 40.1 Å². The van der Waals surface area contributed by atoms with Crippen molar-refractivity contribution in [2.75, 3.05) is 20.8 Å². The number of aromatic amines is 1. The van der Waals surface area contributed by atoms with Gasteiger partial charge in [0.25, 0.3) is 5.91 Å². The molecule has 1 aliphatic heterocycles. The lowest BCUT2D eigenvalue weighted by Gasteiger charge is -2.33. The number of carbonyl (C=O) groups is 1. The van der Waals surface area contributed by atoms with E-state index >= 15 is 0 Å². The molecule has 1 atom stereocenters. The summed E-state index contributed by atoms with van der Waals surface area (Å²) in [7, 11) is 3.20. The zero-order chi connectivity index (χ0) is 23.2. The van der Waals surface area contributed by atoms with E-state index in [1.165, 1.54) is 11.3 Å². The molecule has 1 amide bonds. The summed E-state index contributed by atoms with van der Waals surface area (Å²) in [6.07, 6.45) is 1.67. The molecule has 1 aliphatic rings. The summed E-state index contributed by atoms with van der Waals surface area (Å²) in [5.74, 6) is 1.86. The molecule has 0 spiro atoms. The van der Waals surface area contributed by atoms with Gasteiger partial charge in [0.05, 0.1) is 41.2 Å². The standard InChI is InChI=1S/C24H23ClN4O3S/c1-24(23-27-16-11-18(31-2)19(32-3)12-17(16)28-23)8-5-9-29(24)22(30)20-21(33-13-26-20)14-6-4-7-15(25)10-14/h4,6-7,10-13H,5,8-9H2,1-3H3,(H,27,28). The van der Waals surface area contributed by atoms with Gasteiger partial charge in [0.1, 0.15) is 11.5 Å². The third-order valence-electron chi connectivity index (χ3n) is 6.24. The number of halogens is 1. The predicted molar refractivity (Wildman–Crippen MR) is 129 cm³/mol. The molecule has 2 aromatic carbocycles. The van der Waals surface area contributed by atoms with E-state index in [9.17, 15) is 4.79 Å². The van der Waals surface area contributed by atoms with E-state index in [0.29, 0.717) is 28.8 Å². The number of ether oxygens (including phenoxy) is 2. The van der Waals surface area contributed by atoms with Crippen LogP contribution in [-0.2, 0) is 5.54 Å². The van der Waals surface area contributed by atoms with E-state index in [4.69, 9.17) is 26.1 Å². The number of likely N-dealkylation sites (tertiary alicyclic amines) is 1. The number of rotatable bonds is 5. The third-order valence-corrected chi connectivity index (χ3v) is 7.35. The van der Waals surface area contributed by atoms with Crippen LogP contribution >= 0.6 is 22.9 Å². The second-order valence-electron chi connectivity index (χ2n) is 8.18. The first-order valence-electron chi connectivity index (χ1n) is 10.6. The number of hydrogen-bond acceptors (Lipinski definition) is 6. The van der Waals surface area contributed by atoms with Crippen molar-refractivity contribution in [1.82, 2.24) is 19.9 Å². The number of nitrogens with one attached hydrogen (secondary N) is 1. The van der Waals surface area contributed by atoms with Gasteiger partial charge in [-0.1, -0.05) is 23.7 Å². The van der Waals surface area contributed by atoms with Crippen molar-refractivity contribution in [2.45, 2.75) is 25.3 Å². The van der Waals surface area contributed by atoms with E-state index in [1.807, 2.05) is 41.3 Å². The maximum absolute atomic E-state index is 13.7. The molecular weight excluding hydrogens is 460 g/mol. The Bertz CT molecular complexity index is 1310. The number of imidazole rings is 1. The van der Waals surface area contributed by atoms with E-state index < -0.39 is 5.54 Å². The number of amides is 1. The fraction of sp³-hybridized carbons (Fsp3) is 0.292. The highest BCUT2D eigenvalue weighted by atomic mass is 35.5. The third kappa shape index (κ3) is 3.63. The van der Waals surface area contributed by atoms with Gasteiger partial charge >= 0.3 is 0 Å². The number of H-pyrrole nitrogens is 1. The molecule has 33 heavy (non-hydrogen) atoms. The number of nitrogens with zero attached hydrogens (tertiary/aromatic N) is 3. The molecule has 0 saturated carbocycles. The average Bonchev–Trinajstić information content (AvgIpc) is 3.55. The predicted octanol–water partition coefficient (Wildman–Crippen LogP) is 5.51. The van der Waals surface area contributed by atoms with Crippen molar-refractivity contribution in [3.05, 3.63) is 58.4 Å². The minimum absolute atomic E-state index is 0.109. The number of carbonyl (C=O) groups excluding carboxylic acids is 1. The zero-order valence-corrected chi connectivity index (χ0v) is 20.1. The Morgan fingerprint density at radius 3 is 2.76 bits per heavy atom. The molecule has 1 fully saturated rings. The topological polar surface area (TPSA) is 80.3 Å². The molecule has 2 aromatic heterocycles. The highest BCUT2D eigenvalue weighted by Crippen LogP contribution is 2.41. The fourth-order valence-corrected chi connectivity index (χ4v) is 5.46. The number of benzene rings is 2. The van der Waals surface area contributed by atoms with Gasteiger partial charge in [-0.2, -0.15) is 0 Å². The Balaban J connectivity index is 1.53. The second-order valence-corrected chi connectivity index (χ2v) is 9.48. The van der Waals surface area contributed by atoms with Crippen LogP contribution in [0.25, 0.3) is 21.5 Å². The van der Waals surface area contributed by atoms with Gasteiger partial charge in [-0.05, 0) is 37.5 Å². The maximum atomic E-state index is 13.7. The molecule has 1 unspecified atom stereocenters. The molecule has 1 saturated heterocycles. The van der Waals surface area contributed by atoms with Crippen LogP contribution in [0.15, 0.2) is 41.9 Å². The first kappa shape index (κ1) is 21.7. The molecule has 170 valence electrons. The summed E-state index contributed by atoms with van der Waals surface area (Å²) in [6.45, 7) is 2.68. The lowest BCUT2D eigenvalue weighted by atomic mass is 9.97. The van der Waals surface area contributed by atoms with Crippen LogP contribution in [0.2, 0.25) is 5.02 Å². The zero-order valence-electron chi connectivity index (χ0n) is 18.5. The van der Waals surface area contributed by atoms with Gasteiger partial charge in [0.2, 0.25) is 0 Å². The molecule has 0 bridgehead atoms. The molecule has 5 rings (SSSR count). The minimum atomic E-state index is -0.591. The van der Waals surface area contributed by atoms with E-state index in [2.05, 4.69) is 16.9 Å². The number of aromatic nitrogens is 3. The van der Waals surface area contributed by atoms with Crippen LogP contribution in [0.5, 0.6) is 11.5 Å². The molecule has 9 heteroatoms. The Morgan fingerprint density at radius 1 is 1.21 bits per heavy atom. The number of thiazole rings is 1. The molecule has 0 radical (unpaired) electrons. The smallest absolute Gasteiger partial charge is 0.274 e. The largest absolute Gasteiger partial charge is 0.493 e. The maximum Gasteiger partial charge on any atom is 0.274 e. The van der Waals surface area contributed by atoms with Gasteiger partial charge in [-0.3, -0.25) is 4.79 Å². The summed E-state index contributed by atoms with van der Waals surface area (Å²) in [5.41, 5.74) is 4.03. The summed E-state index contributed by atoms with van der Waals surface area (Å²) in [4.78, 5) is 29.1. The summed E-state index contributed by atoms with van der Waals surface area (Å²) < 4.78 is 10.8. The van der Waals surface area contributed by atoms with Gasteiger partial charge in [-0.15, -0.1) is 11.3 Å². The van der Waals surface area contributed by atoms with Crippen LogP contribution in [0.1, 0.15) is 36.1 Å². The summed E-state index contributed by atoms with van der Waals surface area (Å²) >= 11 is 7.62. The van der Waals surface area contributed by atoms with Crippen molar-refractivity contribution >= 4 is 39.9 Å². The lowest BCUT2D eigenvalue weighted by molar-refractivity contribution is 0.0601. The molecule has 3 heterocycles. The molecule has 7 nitrogen and oxygen atoms in total. The first-order chi connectivity index (χ1) is 15.9. The van der Waals surface area contributed by atoms with Gasteiger partial charge < -0.3 is 19.4 Å². The van der Waals surface area contributed by atoms with Crippen molar-refractivity contribution < 1.29 is 14.3 Å². The van der Waals surface area contributed by atoms with Crippen molar-refractivity contribution in [3.63, 3.8) is 0 Å². The summed E-state index contributed by atoms with van der Waals surface area (Å²) in [5, 5.41) is 0.624. The monoisotopic (exact) mass is 482 g/mol. The summed E-state index contributed by atoms with van der Waals surface area (Å²) in [6, 6.07) is 11.2. The van der Waals surface area contributed by atoms with Crippen LogP contribution < -0.4 is 9.47 Å². The Labute approximate surface area is 200 Å². The van der Waals surface area contributed by atoms with E-state index in [-0.39, 0.29) is 5.91 Å². The van der Waals surface area contributed by atoms with Crippen LogP contribution in [-0.4, -0.2) is 46.5 Å².